The van der Waals surface area contributed by atoms with Gasteiger partial charge in [-0.2, -0.15) is 0 Å². The molecule has 0 heterocycles. The second kappa shape index (κ2) is 7.84. The zero-order valence-corrected chi connectivity index (χ0v) is 13.2. The van der Waals surface area contributed by atoms with Crippen LogP contribution in [0, 0.1) is 6.92 Å². The lowest BCUT2D eigenvalue weighted by Crippen LogP contribution is -2.20. The molecule has 112 valence electrons. The van der Waals surface area contributed by atoms with E-state index in [-0.39, 0.29) is 0 Å². The summed E-state index contributed by atoms with van der Waals surface area (Å²) in [5, 5.41) is 3.58. The zero-order valence-electron chi connectivity index (χ0n) is 13.2. The summed E-state index contributed by atoms with van der Waals surface area (Å²) in [5.41, 5.74) is 4.11. The van der Waals surface area contributed by atoms with E-state index in [0.29, 0.717) is 6.04 Å². The highest BCUT2D eigenvalue weighted by Gasteiger charge is 2.05. The highest BCUT2D eigenvalue weighted by Crippen LogP contribution is 2.18. The molecule has 0 amide bonds. The molecule has 2 aromatic rings. The molecule has 0 aliphatic carbocycles. The number of methoxy groups -OCH3 is 1. The number of hydrogen-bond acceptors (Lipinski definition) is 2. The van der Waals surface area contributed by atoms with Gasteiger partial charge in [-0.3, -0.25) is 0 Å². The number of hydrogen-bond donors (Lipinski definition) is 1. The Kier molecular flexibility index (Phi) is 5.82. The average molecular weight is 283 g/mol. The minimum Gasteiger partial charge on any atom is -0.497 e. The van der Waals surface area contributed by atoms with E-state index < -0.39 is 0 Å². The highest BCUT2D eigenvalue weighted by molar-refractivity contribution is 5.30. The van der Waals surface area contributed by atoms with Crippen LogP contribution in [-0.2, 0) is 6.42 Å². The van der Waals surface area contributed by atoms with E-state index in [1.165, 1.54) is 16.7 Å². The first-order chi connectivity index (χ1) is 10.2. The summed E-state index contributed by atoms with van der Waals surface area (Å²) in [6.07, 6.45) is 2.28. The highest BCUT2D eigenvalue weighted by atomic mass is 16.5. The molecular formula is C19H25NO. The monoisotopic (exact) mass is 283 g/mol. The summed E-state index contributed by atoms with van der Waals surface area (Å²) in [6.45, 7) is 5.40. The average Bonchev–Trinajstić information content (AvgIpc) is 2.53. The fourth-order valence-corrected chi connectivity index (χ4v) is 2.52. The van der Waals surface area contributed by atoms with Gasteiger partial charge in [0.2, 0.25) is 0 Å². The van der Waals surface area contributed by atoms with Gasteiger partial charge in [-0.25, -0.2) is 0 Å². The SMILES string of the molecule is COc1cccc([C@H](C)NCCCc2ccccc2C)c1. The molecule has 0 spiro atoms. The minimum atomic E-state index is 0.344. The lowest BCUT2D eigenvalue weighted by atomic mass is 10.0. The second-order valence-corrected chi connectivity index (χ2v) is 5.48. The van der Waals surface area contributed by atoms with Gasteiger partial charge in [0.15, 0.2) is 0 Å². The fraction of sp³-hybridized carbons (Fsp3) is 0.368. The van der Waals surface area contributed by atoms with Crippen molar-refractivity contribution in [3.63, 3.8) is 0 Å². The van der Waals surface area contributed by atoms with Gasteiger partial charge in [-0.15, -0.1) is 0 Å². The van der Waals surface area contributed by atoms with Gasteiger partial charge in [0.25, 0.3) is 0 Å². The molecule has 0 aliphatic heterocycles. The van der Waals surface area contributed by atoms with Crippen molar-refractivity contribution in [3.05, 3.63) is 65.2 Å². The van der Waals surface area contributed by atoms with Crippen LogP contribution in [0.3, 0.4) is 0 Å². The molecule has 2 heteroatoms. The summed E-state index contributed by atoms with van der Waals surface area (Å²) in [5.74, 6) is 0.918. The Balaban J connectivity index is 1.79. The summed E-state index contributed by atoms with van der Waals surface area (Å²) >= 11 is 0. The molecule has 1 atom stereocenters. The van der Waals surface area contributed by atoms with E-state index in [1.807, 2.05) is 12.1 Å². The van der Waals surface area contributed by atoms with Crippen LogP contribution in [0.1, 0.15) is 36.1 Å². The van der Waals surface area contributed by atoms with E-state index in [2.05, 4.69) is 55.6 Å². The Morgan fingerprint density at radius 3 is 2.67 bits per heavy atom. The summed E-state index contributed by atoms with van der Waals surface area (Å²) in [7, 11) is 1.71. The predicted molar refractivity (Wildman–Crippen MR) is 88.9 cm³/mol. The van der Waals surface area contributed by atoms with Gasteiger partial charge in [0.05, 0.1) is 7.11 Å². The predicted octanol–water partition coefficient (Wildman–Crippen LogP) is 4.29. The van der Waals surface area contributed by atoms with Gasteiger partial charge < -0.3 is 10.1 Å². The Morgan fingerprint density at radius 1 is 1.10 bits per heavy atom. The molecule has 2 aromatic carbocycles. The van der Waals surface area contributed by atoms with Crippen LogP contribution in [0.15, 0.2) is 48.5 Å². The van der Waals surface area contributed by atoms with Crippen LogP contribution in [0.25, 0.3) is 0 Å². The molecule has 0 radical (unpaired) electrons. The van der Waals surface area contributed by atoms with Crippen LogP contribution in [-0.4, -0.2) is 13.7 Å². The van der Waals surface area contributed by atoms with Gasteiger partial charge in [0.1, 0.15) is 5.75 Å². The van der Waals surface area contributed by atoms with Crippen LogP contribution in [0.2, 0.25) is 0 Å². The lowest BCUT2D eigenvalue weighted by Gasteiger charge is -2.15. The quantitative estimate of drug-likeness (QED) is 0.765. The van der Waals surface area contributed by atoms with Gasteiger partial charge in [-0.1, -0.05) is 36.4 Å². The second-order valence-electron chi connectivity index (χ2n) is 5.48. The first kappa shape index (κ1) is 15.6. The maximum Gasteiger partial charge on any atom is 0.119 e. The van der Waals surface area contributed by atoms with E-state index in [1.54, 1.807) is 7.11 Å². The fourth-order valence-electron chi connectivity index (χ4n) is 2.52. The first-order valence-electron chi connectivity index (χ1n) is 7.62. The normalized spacial score (nSPS) is 12.1. The molecule has 0 aliphatic rings. The number of nitrogens with one attached hydrogen (secondary N) is 1. The molecular weight excluding hydrogens is 258 g/mol. The minimum absolute atomic E-state index is 0.344. The van der Waals surface area contributed by atoms with Crippen molar-refractivity contribution in [1.82, 2.24) is 5.32 Å². The Hall–Kier alpha value is -1.80. The third-order valence-electron chi connectivity index (χ3n) is 3.93. The number of ether oxygens (including phenoxy) is 1. The van der Waals surface area contributed by atoms with E-state index >= 15 is 0 Å². The topological polar surface area (TPSA) is 21.3 Å². The number of benzene rings is 2. The number of aryl methyl sites for hydroxylation is 2. The van der Waals surface area contributed by atoms with Crippen molar-refractivity contribution in [3.8, 4) is 5.75 Å². The van der Waals surface area contributed by atoms with Crippen molar-refractivity contribution in [2.45, 2.75) is 32.7 Å². The Morgan fingerprint density at radius 2 is 1.90 bits per heavy atom. The van der Waals surface area contributed by atoms with Crippen LogP contribution < -0.4 is 10.1 Å². The molecule has 1 N–H and O–H groups in total. The number of rotatable bonds is 7. The largest absolute Gasteiger partial charge is 0.497 e. The molecule has 0 unspecified atom stereocenters. The molecule has 0 bridgehead atoms. The molecule has 0 saturated carbocycles. The molecule has 0 saturated heterocycles. The molecule has 0 fully saturated rings. The maximum absolute atomic E-state index is 5.27. The molecule has 0 aromatic heterocycles. The third kappa shape index (κ3) is 4.61. The zero-order chi connectivity index (χ0) is 15.1. The van der Waals surface area contributed by atoms with E-state index in [4.69, 9.17) is 4.74 Å². The van der Waals surface area contributed by atoms with Crippen LogP contribution >= 0.6 is 0 Å². The third-order valence-corrected chi connectivity index (χ3v) is 3.93. The molecule has 21 heavy (non-hydrogen) atoms. The van der Waals surface area contributed by atoms with Crippen LogP contribution in [0.5, 0.6) is 5.75 Å². The first-order valence-corrected chi connectivity index (χ1v) is 7.62. The van der Waals surface area contributed by atoms with Crippen molar-refractivity contribution < 1.29 is 4.74 Å². The van der Waals surface area contributed by atoms with Gasteiger partial charge >= 0.3 is 0 Å². The van der Waals surface area contributed by atoms with Crippen molar-refractivity contribution in [1.29, 1.82) is 0 Å². The maximum atomic E-state index is 5.27. The summed E-state index contributed by atoms with van der Waals surface area (Å²) in [4.78, 5) is 0. The molecule has 2 rings (SSSR count). The van der Waals surface area contributed by atoms with Gasteiger partial charge in [0, 0.05) is 6.04 Å². The Labute approximate surface area is 128 Å². The summed E-state index contributed by atoms with van der Waals surface area (Å²) in [6, 6.07) is 17.2. The van der Waals surface area contributed by atoms with Crippen LogP contribution in [0.4, 0.5) is 0 Å². The van der Waals surface area contributed by atoms with E-state index in [9.17, 15) is 0 Å². The van der Waals surface area contributed by atoms with E-state index in [0.717, 1.165) is 25.1 Å². The van der Waals surface area contributed by atoms with Crippen molar-refractivity contribution in [2.75, 3.05) is 13.7 Å². The van der Waals surface area contributed by atoms with Gasteiger partial charge in [-0.05, 0) is 62.1 Å². The smallest absolute Gasteiger partial charge is 0.119 e. The lowest BCUT2D eigenvalue weighted by molar-refractivity contribution is 0.413. The standard InChI is InChI=1S/C19H25NO/c1-15-8-4-5-9-17(15)11-7-13-20-16(2)18-10-6-12-19(14-18)21-3/h4-6,8-10,12,14,16,20H,7,11,13H2,1-3H3/t16-/m0/s1. The van der Waals surface area contributed by atoms with Crippen molar-refractivity contribution in [2.24, 2.45) is 0 Å². The summed E-state index contributed by atoms with van der Waals surface area (Å²) < 4.78 is 5.27. The molecule has 2 nitrogen and oxygen atoms in total. The van der Waals surface area contributed by atoms with Crippen molar-refractivity contribution >= 4 is 0 Å². The Bertz CT molecular complexity index is 565.